The fourth-order valence-corrected chi connectivity index (χ4v) is 2.17. The van der Waals surface area contributed by atoms with Crippen LogP contribution in [0.15, 0.2) is 34.9 Å². The Bertz CT molecular complexity index is 687. The molecule has 3 N–H and O–H groups in total. The molecule has 0 atom stereocenters. The van der Waals surface area contributed by atoms with Gasteiger partial charge in [0.1, 0.15) is 11.5 Å². The minimum Gasteiger partial charge on any atom is -0.360 e. The van der Waals surface area contributed by atoms with Crippen molar-refractivity contribution in [2.24, 2.45) is 5.73 Å². The summed E-state index contributed by atoms with van der Waals surface area (Å²) < 4.78 is 5.19. The van der Waals surface area contributed by atoms with Crippen molar-refractivity contribution in [3.63, 3.8) is 0 Å². The topological polar surface area (TPSA) is 98.2 Å². The molecule has 1 aliphatic carbocycles. The minimum absolute atomic E-state index is 0.0598. The van der Waals surface area contributed by atoms with E-state index in [-0.39, 0.29) is 24.7 Å². The first-order valence-corrected chi connectivity index (χ1v) is 7.24. The molecule has 6 heteroatoms. The molecule has 0 aliphatic heterocycles. The normalized spacial score (nSPS) is 13.9. The summed E-state index contributed by atoms with van der Waals surface area (Å²) in [6.45, 7) is -0.0598. The van der Waals surface area contributed by atoms with Crippen molar-refractivity contribution in [1.82, 2.24) is 5.16 Å². The van der Waals surface area contributed by atoms with Crippen LogP contribution in [0.25, 0.3) is 0 Å². The number of nitrogens with two attached hydrogens (primary N) is 1. The van der Waals surface area contributed by atoms with Gasteiger partial charge in [0.15, 0.2) is 5.78 Å². The van der Waals surface area contributed by atoms with Crippen molar-refractivity contribution in [1.29, 1.82) is 0 Å². The number of nitrogens with zero attached hydrogens (tertiary/aromatic N) is 1. The predicted octanol–water partition coefficient (Wildman–Crippen LogP) is 1.87. The van der Waals surface area contributed by atoms with Crippen molar-refractivity contribution in [2.45, 2.75) is 25.2 Å². The summed E-state index contributed by atoms with van der Waals surface area (Å²) in [7, 11) is 0. The third-order valence-corrected chi connectivity index (χ3v) is 3.58. The Labute approximate surface area is 127 Å². The number of rotatable bonds is 6. The standard InChI is InChI=1S/C16H17N3O3/c17-9-16(21)18-12-5-1-10(2-6-12)7-14(20)13-8-15(22-19-13)11-3-4-11/h1-2,5-6,8,11H,3-4,7,9,17H2,(H,18,21). The van der Waals surface area contributed by atoms with Crippen LogP contribution in [-0.2, 0) is 11.2 Å². The maximum atomic E-state index is 12.2. The van der Waals surface area contributed by atoms with Gasteiger partial charge in [-0.25, -0.2) is 0 Å². The van der Waals surface area contributed by atoms with Gasteiger partial charge in [0, 0.05) is 24.1 Å². The number of nitrogens with one attached hydrogen (secondary N) is 1. The van der Waals surface area contributed by atoms with E-state index >= 15 is 0 Å². The molecule has 1 amide bonds. The summed E-state index contributed by atoms with van der Waals surface area (Å²) in [5.41, 5.74) is 7.12. The van der Waals surface area contributed by atoms with Gasteiger partial charge in [0.05, 0.1) is 6.54 Å². The molecule has 0 bridgehead atoms. The second kappa shape index (κ2) is 6.11. The van der Waals surface area contributed by atoms with Crippen LogP contribution in [0.5, 0.6) is 0 Å². The predicted molar refractivity (Wildman–Crippen MR) is 80.6 cm³/mol. The van der Waals surface area contributed by atoms with Crippen LogP contribution in [0.1, 0.15) is 40.6 Å². The van der Waals surface area contributed by atoms with Gasteiger partial charge in [-0.2, -0.15) is 0 Å². The van der Waals surface area contributed by atoms with Crippen molar-refractivity contribution in [2.75, 3.05) is 11.9 Å². The molecule has 1 aliphatic rings. The Kier molecular flexibility index (Phi) is 4.02. The smallest absolute Gasteiger partial charge is 0.238 e. The van der Waals surface area contributed by atoms with E-state index in [2.05, 4.69) is 10.5 Å². The van der Waals surface area contributed by atoms with Gasteiger partial charge >= 0.3 is 0 Å². The summed E-state index contributed by atoms with van der Waals surface area (Å²) in [4.78, 5) is 23.4. The number of carbonyl (C=O) groups excluding carboxylic acids is 2. The fourth-order valence-electron chi connectivity index (χ4n) is 2.17. The fraction of sp³-hybridized carbons (Fsp3) is 0.312. The number of benzene rings is 1. The van der Waals surface area contributed by atoms with Gasteiger partial charge in [-0.15, -0.1) is 0 Å². The van der Waals surface area contributed by atoms with Crippen molar-refractivity contribution >= 4 is 17.4 Å². The number of carbonyl (C=O) groups is 2. The molecule has 0 radical (unpaired) electrons. The quantitative estimate of drug-likeness (QED) is 0.793. The zero-order valence-electron chi connectivity index (χ0n) is 12.0. The maximum Gasteiger partial charge on any atom is 0.238 e. The lowest BCUT2D eigenvalue weighted by molar-refractivity contribution is -0.114. The third-order valence-electron chi connectivity index (χ3n) is 3.58. The van der Waals surface area contributed by atoms with E-state index in [9.17, 15) is 9.59 Å². The number of hydrogen-bond acceptors (Lipinski definition) is 5. The van der Waals surface area contributed by atoms with Gasteiger partial charge in [-0.3, -0.25) is 9.59 Å². The van der Waals surface area contributed by atoms with Crippen LogP contribution in [0, 0.1) is 0 Å². The molecule has 2 aromatic rings. The van der Waals surface area contributed by atoms with E-state index < -0.39 is 0 Å². The molecule has 0 unspecified atom stereocenters. The second-order valence-corrected chi connectivity index (χ2v) is 5.44. The first kappa shape index (κ1) is 14.5. The molecule has 6 nitrogen and oxygen atoms in total. The highest BCUT2D eigenvalue weighted by atomic mass is 16.5. The van der Waals surface area contributed by atoms with E-state index in [4.69, 9.17) is 10.3 Å². The van der Waals surface area contributed by atoms with Crippen LogP contribution in [0.4, 0.5) is 5.69 Å². The molecular weight excluding hydrogens is 282 g/mol. The number of Topliss-reactive ketones (excluding diaryl/α,β-unsaturated/α-hetero) is 1. The van der Waals surface area contributed by atoms with Crippen molar-refractivity contribution < 1.29 is 14.1 Å². The highest BCUT2D eigenvalue weighted by Gasteiger charge is 2.28. The second-order valence-electron chi connectivity index (χ2n) is 5.44. The highest BCUT2D eigenvalue weighted by molar-refractivity contribution is 5.96. The largest absolute Gasteiger partial charge is 0.360 e. The zero-order valence-corrected chi connectivity index (χ0v) is 12.0. The Morgan fingerprint density at radius 2 is 2.00 bits per heavy atom. The van der Waals surface area contributed by atoms with Gasteiger partial charge < -0.3 is 15.6 Å². The summed E-state index contributed by atoms with van der Waals surface area (Å²) in [5.74, 6) is 0.927. The number of hydrogen-bond donors (Lipinski definition) is 2. The summed E-state index contributed by atoms with van der Waals surface area (Å²) >= 11 is 0. The monoisotopic (exact) mass is 299 g/mol. The molecule has 3 rings (SSSR count). The number of ketones is 1. The third kappa shape index (κ3) is 3.40. The molecule has 22 heavy (non-hydrogen) atoms. The van der Waals surface area contributed by atoms with Crippen LogP contribution in [0.3, 0.4) is 0 Å². The Morgan fingerprint density at radius 1 is 1.27 bits per heavy atom. The molecule has 1 heterocycles. The van der Waals surface area contributed by atoms with Crippen LogP contribution in [0.2, 0.25) is 0 Å². The molecular formula is C16H17N3O3. The lowest BCUT2D eigenvalue weighted by Gasteiger charge is -2.04. The SMILES string of the molecule is NCC(=O)Nc1ccc(CC(=O)c2cc(C3CC3)on2)cc1. The number of amides is 1. The molecule has 1 aromatic heterocycles. The summed E-state index contributed by atoms with van der Waals surface area (Å²) in [6, 6.07) is 8.83. The Morgan fingerprint density at radius 3 is 2.64 bits per heavy atom. The van der Waals surface area contributed by atoms with Gasteiger partial charge in [-0.05, 0) is 30.5 Å². The van der Waals surface area contributed by atoms with E-state index in [1.54, 1.807) is 30.3 Å². The van der Waals surface area contributed by atoms with Gasteiger partial charge in [0.2, 0.25) is 5.91 Å². The number of anilines is 1. The van der Waals surface area contributed by atoms with Crippen LogP contribution < -0.4 is 11.1 Å². The first-order chi connectivity index (χ1) is 10.7. The molecule has 1 saturated carbocycles. The minimum atomic E-state index is -0.251. The molecule has 114 valence electrons. The Hall–Kier alpha value is -2.47. The van der Waals surface area contributed by atoms with E-state index in [1.807, 2.05) is 0 Å². The molecule has 1 fully saturated rings. The molecule has 1 aromatic carbocycles. The first-order valence-electron chi connectivity index (χ1n) is 7.24. The van der Waals surface area contributed by atoms with Crippen molar-refractivity contribution in [3.8, 4) is 0 Å². The van der Waals surface area contributed by atoms with Crippen molar-refractivity contribution in [3.05, 3.63) is 47.3 Å². The van der Waals surface area contributed by atoms with Crippen LogP contribution in [-0.4, -0.2) is 23.4 Å². The average molecular weight is 299 g/mol. The van der Waals surface area contributed by atoms with Gasteiger partial charge in [-0.1, -0.05) is 17.3 Å². The summed E-state index contributed by atoms with van der Waals surface area (Å²) in [6.07, 6.45) is 2.47. The van der Waals surface area contributed by atoms with Crippen LogP contribution >= 0.6 is 0 Å². The molecule has 0 saturated heterocycles. The summed E-state index contributed by atoms with van der Waals surface area (Å²) in [5, 5.41) is 6.50. The molecule has 0 spiro atoms. The van der Waals surface area contributed by atoms with Gasteiger partial charge in [0.25, 0.3) is 0 Å². The highest BCUT2D eigenvalue weighted by Crippen LogP contribution is 2.40. The average Bonchev–Trinajstić information content (AvgIpc) is 3.26. The van der Waals surface area contributed by atoms with E-state index in [0.29, 0.717) is 17.3 Å². The maximum absolute atomic E-state index is 12.2. The lowest BCUT2D eigenvalue weighted by Crippen LogP contribution is -2.21. The van der Waals surface area contributed by atoms with E-state index in [0.717, 1.165) is 24.2 Å². The zero-order chi connectivity index (χ0) is 15.5. The lowest BCUT2D eigenvalue weighted by atomic mass is 10.1. The Balaban J connectivity index is 1.61. The van der Waals surface area contributed by atoms with E-state index in [1.165, 1.54) is 0 Å². The number of aromatic nitrogens is 1.